The third-order valence-corrected chi connectivity index (χ3v) is 4.48. The second-order valence-electron chi connectivity index (χ2n) is 5.58. The second kappa shape index (κ2) is 8.57. The van der Waals surface area contributed by atoms with Gasteiger partial charge < -0.3 is 18.3 Å². The first-order chi connectivity index (χ1) is 13.8. The molecule has 0 radical (unpaired) electrons. The van der Waals surface area contributed by atoms with E-state index in [0.717, 1.165) is 11.3 Å². The fourth-order valence-electron chi connectivity index (χ4n) is 2.30. The Hall–Kier alpha value is -3.33. The van der Waals surface area contributed by atoms with Crippen molar-refractivity contribution in [2.75, 3.05) is 7.11 Å². The molecule has 0 bridgehead atoms. The van der Waals surface area contributed by atoms with E-state index < -0.39 is 0 Å². The predicted molar refractivity (Wildman–Crippen MR) is 101 cm³/mol. The van der Waals surface area contributed by atoms with E-state index in [1.165, 1.54) is 11.8 Å². The number of hydrogen-bond acceptors (Lipinski definition) is 9. The Balaban J connectivity index is 1.29. The average Bonchev–Trinajstić information content (AvgIpc) is 3.41. The summed E-state index contributed by atoms with van der Waals surface area (Å²) in [6.07, 6.45) is 0. The van der Waals surface area contributed by atoms with Gasteiger partial charge in [0, 0.05) is 5.56 Å². The van der Waals surface area contributed by atoms with E-state index in [4.69, 9.17) is 18.3 Å². The Kier molecular flexibility index (Phi) is 5.53. The normalized spacial score (nSPS) is 10.8. The third kappa shape index (κ3) is 4.49. The van der Waals surface area contributed by atoms with Crippen LogP contribution in [0.1, 0.15) is 11.8 Å². The van der Waals surface area contributed by atoms with Crippen LogP contribution in [0.2, 0.25) is 0 Å². The van der Waals surface area contributed by atoms with E-state index in [1.54, 1.807) is 7.11 Å². The van der Waals surface area contributed by atoms with Crippen molar-refractivity contribution in [3.8, 4) is 23.0 Å². The van der Waals surface area contributed by atoms with Crippen LogP contribution >= 0.6 is 11.8 Å². The SMILES string of the molecule is COc1ccc(OCc2nnc(SCc3nnc(-c4ccccc4)o3)o2)cc1. The van der Waals surface area contributed by atoms with Crippen LogP contribution in [0.25, 0.3) is 11.5 Å². The zero-order valence-electron chi connectivity index (χ0n) is 14.9. The molecule has 0 fully saturated rings. The van der Waals surface area contributed by atoms with Gasteiger partial charge in [0.25, 0.3) is 11.1 Å². The van der Waals surface area contributed by atoms with E-state index in [2.05, 4.69) is 20.4 Å². The lowest BCUT2D eigenvalue weighted by molar-refractivity contribution is 0.252. The Labute approximate surface area is 164 Å². The molecule has 0 saturated carbocycles. The highest BCUT2D eigenvalue weighted by Crippen LogP contribution is 2.24. The number of benzene rings is 2. The summed E-state index contributed by atoms with van der Waals surface area (Å²) >= 11 is 1.32. The van der Waals surface area contributed by atoms with Crippen LogP contribution in [-0.4, -0.2) is 27.5 Å². The molecular formula is C19H16N4O4S. The number of methoxy groups -OCH3 is 1. The van der Waals surface area contributed by atoms with Gasteiger partial charge in [-0.1, -0.05) is 30.0 Å². The Bertz CT molecular complexity index is 1020. The van der Waals surface area contributed by atoms with Gasteiger partial charge in [0.15, 0.2) is 6.61 Å². The molecule has 28 heavy (non-hydrogen) atoms. The summed E-state index contributed by atoms with van der Waals surface area (Å²) in [5, 5.41) is 16.5. The van der Waals surface area contributed by atoms with E-state index in [1.807, 2.05) is 54.6 Å². The van der Waals surface area contributed by atoms with E-state index in [9.17, 15) is 0 Å². The third-order valence-electron chi connectivity index (χ3n) is 3.68. The molecule has 0 aliphatic rings. The number of aromatic nitrogens is 4. The molecule has 0 aliphatic carbocycles. The number of ether oxygens (including phenoxy) is 2. The first kappa shape index (κ1) is 18.1. The molecule has 0 atom stereocenters. The molecule has 9 heteroatoms. The molecule has 8 nitrogen and oxygen atoms in total. The van der Waals surface area contributed by atoms with Crippen LogP contribution in [-0.2, 0) is 12.4 Å². The van der Waals surface area contributed by atoms with Crippen molar-refractivity contribution < 1.29 is 18.3 Å². The fourth-order valence-corrected chi connectivity index (χ4v) is 2.92. The van der Waals surface area contributed by atoms with Gasteiger partial charge in [-0.2, -0.15) is 0 Å². The topological polar surface area (TPSA) is 96.3 Å². The first-order valence-corrected chi connectivity index (χ1v) is 9.38. The van der Waals surface area contributed by atoms with Crippen molar-refractivity contribution in [3.63, 3.8) is 0 Å². The van der Waals surface area contributed by atoms with Crippen molar-refractivity contribution in [1.82, 2.24) is 20.4 Å². The fraction of sp³-hybridized carbons (Fsp3) is 0.158. The predicted octanol–water partition coefficient (Wildman–Crippen LogP) is 4.00. The molecule has 0 aliphatic heterocycles. The lowest BCUT2D eigenvalue weighted by Crippen LogP contribution is -1.95. The summed E-state index contributed by atoms with van der Waals surface area (Å²) in [6.45, 7) is 0.179. The van der Waals surface area contributed by atoms with Crippen molar-refractivity contribution in [2.45, 2.75) is 17.6 Å². The molecule has 4 rings (SSSR count). The molecule has 0 saturated heterocycles. The van der Waals surface area contributed by atoms with Crippen LogP contribution < -0.4 is 9.47 Å². The summed E-state index contributed by atoms with van der Waals surface area (Å²) in [6, 6.07) is 16.9. The van der Waals surface area contributed by atoms with Crippen LogP contribution in [0.3, 0.4) is 0 Å². The molecule has 2 aromatic carbocycles. The highest BCUT2D eigenvalue weighted by Gasteiger charge is 2.12. The van der Waals surface area contributed by atoms with Gasteiger partial charge in [0.05, 0.1) is 12.9 Å². The highest BCUT2D eigenvalue weighted by atomic mass is 32.2. The number of thioether (sulfide) groups is 1. The van der Waals surface area contributed by atoms with Gasteiger partial charge in [-0.15, -0.1) is 20.4 Å². The zero-order chi connectivity index (χ0) is 19.2. The number of rotatable bonds is 8. The Morgan fingerprint density at radius 2 is 1.57 bits per heavy atom. The van der Waals surface area contributed by atoms with Gasteiger partial charge in [0.1, 0.15) is 11.5 Å². The second-order valence-corrected chi connectivity index (χ2v) is 6.51. The average molecular weight is 396 g/mol. The van der Waals surface area contributed by atoms with Crippen LogP contribution in [0.4, 0.5) is 0 Å². The molecule has 0 N–H and O–H groups in total. The molecule has 0 spiro atoms. The van der Waals surface area contributed by atoms with Crippen molar-refractivity contribution in [2.24, 2.45) is 0 Å². The number of nitrogens with zero attached hydrogens (tertiary/aromatic N) is 4. The van der Waals surface area contributed by atoms with Gasteiger partial charge in [-0.05, 0) is 36.4 Å². The maximum Gasteiger partial charge on any atom is 0.277 e. The Morgan fingerprint density at radius 1 is 0.821 bits per heavy atom. The molecule has 0 unspecified atom stereocenters. The monoisotopic (exact) mass is 396 g/mol. The molecular weight excluding hydrogens is 380 g/mol. The minimum absolute atomic E-state index is 0.179. The van der Waals surface area contributed by atoms with E-state index in [-0.39, 0.29) is 6.61 Å². The quantitative estimate of drug-likeness (QED) is 0.409. The lowest BCUT2D eigenvalue weighted by Gasteiger charge is -2.04. The molecule has 2 heterocycles. The summed E-state index contributed by atoms with van der Waals surface area (Å²) in [5.41, 5.74) is 0.877. The minimum Gasteiger partial charge on any atom is -0.497 e. The highest BCUT2D eigenvalue weighted by molar-refractivity contribution is 7.98. The van der Waals surface area contributed by atoms with Crippen LogP contribution in [0.15, 0.2) is 68.7 Å². The maximum absolute atomic E-state index is 5.65. The number of hydrogen-bond donors (Lipinski definition) is 0. The first-order valence-electron chi connectivity index (χ1n) is 8.40. The van der Waals surface area contributed by atoms with E-state index >= 15 is 0 Å². The standard InChI is InChI=1S/C19H16N4O4S/c1-24-14-7-9-15(10-8-14)25-11-16-20-23-19(27-16)28-12-17-21-22-18(26-17)13-5-3-2-4-6-13/h2-10H,11-12H2,1H3. The molecule has 0 amide bonds. The van der Waals surface area contributed by atoms with Crippen LogP contribution in [0, 0.1) is 0 Å². The van der Waals surface area contributed by atoms with Crippen molar-refractivity contribution in [1.29, 1.82) is 0 Å². The van der Waals surface area contributed by atoms with Crippen molar-refractivity contribution >= 4 is 11.8 Å². The summed E-state index contributed by atoms with van der Waals surface area (Å²) in [4.78, 5) is 0. The van der Waals surface area contributed by atoms with E-state index in [0.29, 0.717) is 34.4 Å². The zero-order valence-corrected chi connectivity index (χ0v) is 15.8. The lowest BCUT2D eigenvalue weighted by atomic mass is 10.2. The smallest absolute Gasteiger partial charge is 0.277 e. The Morgan fingerprint density at radius 3 is 2.36 bits per heavy atom. The van der Waals surface area contributed by atoms with Gasteiger partial charge >= 0.3 is 0 Å². The summed E-state index contributed by atoms with van der Waals surface area (Å²) < 4.78 is 21.9. The molecule has 2 aromatic heterocycles. The largest absolute Gasteiger partial charge is 0.497 e. The minimum atomic E-state index is 0.179. The molecule has 142 valence electrons. The maximum atomic E-state index is 5.65. The molecule has 4 aromatic rings. The van der Waals surface area contributed by atoms with Gasteiger partial charge in [-0.25, -0.2) is 0 Å². The van der Waals surface area contributed by atoms with Crippen molar-refractivity contribution in [3.05, 3.63) is 66.4 Å². The van der Waals surface area contributed by atoms with Crippen LogP contribution in [0.5, 0.6) is 11.5 Å². The summed E-state index contributed by atoms with van der Waals surface area (Å²) in [7, 11) is 1.62. The van der Waals surface area contributed by atoms with Gasteiger partial charge in [0.2, 0.25) is 11.8 Å². The van der Waals surface area contributed by atoms with Gasteiger partial charge in [-0.3, -0.25) is 0 Å². The summed E-state index contributed by atoms with van der Waals surface area (Å²) in [5.74, 6) is 3.23.